The second kappa shape index (κ2) is 17.0. The van der Waals surface area contributed by atoms with Gasteiger partial charge in [-0.15, -0.1) is 10.2 Å². The molecule has 1 aromatic heterocycles. The monoisotopic (exact) mass is 740 g/mol. The Balaban J connectivity index is 1.05. The van der Waals surface area contributed by atoms with E-state index in [-0.39, 0.29) is 0 Å². The van der Waals surface area contributed by atoms with Crippen molar-refractivity contribution in [3.8, 4) is 22.5 Å². The van der Waals surface area contributed by atoms with E-state index in [2.05, 4.69) is 243 Å². The highest BCUT2D eigenvalue weighted by Gasteiger charge is 2.18. The molecule has 0 saturated heterocycles. The molecule has 0 atom stereocenters. The summed E-state index contributed by atoms with van der Waals surface area (Å²) >= 11 is 0. The highest BCUT2D eigenvalue weighted by atomic mass is 15.1. The molecular weight excluding hydrogens is 701 g/mol. The van der Waals surface area contributed by atoms with E-state index in [9.17, 15) is 0 Å². The van der Waals surface area contributed by atoms with Crippen molar-refractivity contribution in [2.75, 3.05) is 0 Å². The molecule has 8 aromatic carbocycles. The molecule has 0 fully saturated rings. The Labute approximate surface area is 340 Å². The second-order valence-electron chi connectivity index (χ2n) is 14.2. The molecule has 2 nitrogen and oxygen atoms in total. The van der Waals surface area contributed by atoms with Crippen molar-refractivity contribution in [3.63, 3.8) is 0 Å². The fourth-order valence-electron chi connectivity index (χ4n) is 7.71. The molecule has 274 valence electrons. The van der Waals surface area contributed by atoms with Gasteiger partial charge in [-0.25, -0.2) is 0 Å². The lowest BCUT2D eigenvalue weighted by Crippen LogP contribution is -1.98. The lowest BCUT2D eigenvalue weighted by atomic mass is 9.85. The maximum atomic E-state index is 4.73. The molecule has 2 heteroatoms. The number of rotatable bonds is 10. The second-order valence-corrected chi connectivity index (χ2v) is 14.2. The molecule has 0 aliphatic rings. The Hall–Kier alpha value is -7.68. The van der Waals surface area contributed by atoms with Crippen LogP contribution in [0.4, 0.5) is 0 Å². The van der Waals surface area contributed by atoms with Crippen LogP contribution in [0.15, 0.2) is 243 Å². The molecular formula is C56H40N2. The van der Waals surface area contributed by atoms with Crippen LogP contribution in [-0.4, -0.2) is 10.2 Å². The van der Waals surface area contributed by atoms with Crippen LogP contribution in [0.3, 0.4) is 0 Å². The molecule has 0 N–H and O–H groups in total. The van der Waals surface area contributed by atoms with Gasteiger partial charge in [0, 0.05) is 11.1 Å². The summed E-state index contributed by atoms with van der Waals surface area (Å²) in [5.74, 6) is 0. The van der Waals surface area contributed by atoms with Crippen LogP contribution in [0.25, 0.3) is 44.8 Å². The average Bonchev–Trinajstić information content (AvgIpc) is 3.32. The number of hydrogen-bond donors (Lipinski definition) is 0. The zero-order valence-electron chi connectivity index (χ0n) is 32.0. The number of nitrogens with zero attached hydrogens (tertiary/aromatic N) is 2. The van der Waals surface area contributed by atoms with Gasteiger partial charge in [-0.2, -0.15) is 0 Å². The maximum absolute atomic E-state index is 4.73. The third kappa shape index (κ3) is 7.73. The highest BCUT2D eigenvalue weighted by molar-refractivity contribution is 6.05. The van der Waals surface area contributed by atoms with Crippen LogP contribution in [0.5, 0.6) is 0 Å². The molecule has 1 heterocycles. The lowest BCUT2D eigenvalue weighted by Gasteiger charge is -2.18. The van der Waals surface area contributed by atoms with Gasteiger partial charge in [0.05, 0.1) is 11.4 Å². The van der Waals surface area contributed by atoms with Gasteiger partial charge in [0.15, 0.2) is 0 Å². The molecule has 58 heavy (non-hydrogen) atoms. The van der Waals surface area contributed by atoms with E-state index in [1.807, 2.05) is 0 Å². The third-order valence-electron chi connectivity index (χ3n) is 10.5. The van der Waals surface area contributed by atoms with Crippen molar-refractivity contribution in [1.29, 1.82) is 0 Å². The van der Waals surface area contributed by atoms with Gasteiger partial charge >= 0.3 is 0 Å². The standard InChI is InChI=1S/C56H40N2/c1-7-19-43(20-8-1)53(44-21-9-2-10-22-44)55(47-27-15-5-16-28-47)49-35-31-41(32-36-49)51-39-40-52(58-57-51)42-33-37-50(38-34-42)56(48-29-17-6-18-30-48)54(45-23-11-3-12-24-45)46-25-13-4-14-26-46/h1-40H. The van der Waals surface area contributed by atoms with Gasteiger partial charge in [-0.3, -0.25) is 0 Å². The van der Waals surface area contributed by atoms with Crippen LogP contribution in [0, 0.1) is 0 Å². The third-order valence-corrected chi connectivity index (χ3v) is 10.5. The molecule has 0 unspecified atom stereocenters. The Bertz CT molecular complexity index is 2500. The first-order chi connectivity index (χ1) is 28.8. The molecule has 0 aliphatic carbocycles. The molecule has 0 amide bonds. The number of hydrogen-bond acceptors (Lipinski definition) is 2. The fraction of sp³-hybridized carbons (Fsp3) is 0. The molecule has 0 bridgehead atoms. The van der Waals surface area contributed by atoms with Crippen LogP contribution in [0.1, 0.15) is 44.5 Å². The summed E-state index contributed by atoms with van der Waals surface area (Å²) in [4.78, 5) is 0. The predicted octanol–water partition coefficient (Wildman–Crippen LogP) is 13.8. The zero-order valence-corrected chi connectivity index (χ0v) is 32.0. The zero-order chi connectivity index (χ0) is 38.9. The molecule has 0 saturated carbocycles. The summed E-state index contributed by atoms with van der Waals surface area (Å²) in [5.41, 5.74) is 17.7. The first kappa shape index (κ1) is 36.0. The van der Waals surface area contributed by atoms with Gasteiger partial charge in [-0.05, 0) is 78.9 Å². The molecule has 0 aliphatic heterocycles. The van der Waals surface area contributed by atoms with Crippen LogP contribution in [0.2, 0.25) is 0 Å². The summed E-state index contributed by atoms with van der Waals surface area (Å²) in [6.07, 6.45) is 0. The molecule has 9 rings (SSSR count). The van der Waals surface area contributed by atoms with E-state index >= 15 is 0 Å². The van der Waals surface area contributed by atoms with Gasteiger partial charge in [0.2, 0.25) is 0 Å². The molecule has 0 spiro atoms. The summed E-state index contributed by atoms with van der Waals surface area (Å²) in [5, 5.41) is 9.46. The molecule has 9 aromatic rings. The Morgan fingerprint density at radius 3 is 0.569 bits per heavy atom. The fourth-order valence-corrected chi connectivity index (χ4v) is 7.71. The summed E-state index contributed by atoms with van der Waals surface area (Å²) in [6.45, 7) is 0. The minimum Gasteiger partial charge on any atom is -0.150 e. The first-order valence-corrected chi connectivity index (χ1v) is 19.7. The van der Waals surface area contributed by atoms with Gasteiger partial charge in [-0.1, -0.05) is 231 Å². The summed E-state index contributed by atoms with van der Waals surface area (Å²) < 4.78 is 0. The van der Waals surface area contributed by atoms with E-state index in [0.717, 1.165) is 44.8 Å². The average molecular weight is 741 g/mol. The SMILES string of the molecule is c1ccc(C(=C(c2ccccc2)c2ccc(-c3ccc(-c4ccc(C(=C(c5ccccc5)c5ccccc5)c5ccccc5)cc4)nn3)cc2)c2ccccc2)cc1. The first-order valence-electron chi connectivity index (χ1n) is 19.7. The van der Waals surface area contributed by atoms with Crippen molar-refractivity contribution in [2.24, 2.45) is 0 Å². The van der Waals surface area contributed by atoms with E-state index in [0.29, 0.717) is 0 Å². The maximum Gasteiger partial charge on any atom is 0.0930 e. The van der Waals surface area contributed by atoms with Crippen molar-refractivity contribution >= 4 is 22.3 Å². The van der Waals surface area contributed by atoms with Crippen LogP contribution >= 0.6 is 0 Å². The largest absolute Gasteiger partial charge is 0.150 e. The van der Waals surface area contributed by atoms with Crippen LogP contribution in [-0.2, 0) is 0 Å². The topological polar surface area (TPSA) is 25.8 Å². The normalized spacial score (nSPS) is 10.8. The summed E-state index contributed by atoms with van der Waals surface area (Å²) in [7, 11) is 0. The van der Waals surface area contributed by atoms with E-state index in [1.165, 1.54) is 44.5 Å². The van der Waals surface area contributed by atoms with Crippen molar-refractivity contribution in [2.45, 2.75) is 0 Å². The van der Waals surface area contributed by atoms with Crippen molar-refractivity contribution < 1.29 is 0 Å². The number of aromatic nitrogens is 2. The van der Waals surface area contributed by atoms with Crippen molar-refractivity contribution in [3.05, 3.63) is 287 Å². The van der Waals surface area contributed by atoms with E-state index < -0.39 is 0 Å². The quantitative estimate of drug-likeness (QED) is 0.131. The minimum absolute atomic E-state index is 0.827. The lowest BCUT2D eigenvalue weighted by molar-refractivity contribution is 1.04. The highest BCUT2D eigenvalue weighted by Crippen LogP contribution is 2.39. The Morgan fingerprint density at radius 2 is 0.379 bits per heavy atom. The predicted molar refractivity (Wildman–Crippen MR) is 242 cm³/mol. The molecule has 0 radical (unpaired) electrons. The van der Waals surface area contributed by atoms with E-state index in [4.69, 9.17) is 10.2 Å². The Kier molecular flexibility index (Phi) is 10.5. The minimum atomic E-state index is 0.827. The number of benzene rings is 8. The smallest absolute Gasteiger partial charge is 0.0930 e. The van der Waals surface area contributed by atoms with Gasteiger partial charge in [0.1, 0.15) is 0 Å². The van der Waals surface area contributed by atoms with Gasteiger partial charge in [0.25, 0.3) is 0 Å². The van der Waals surface area contributed by atoms with E-state index in [1.54, 1.807) is 0 Å². The van der Waals surface area contributed by atoms with Crippen molar-refractivity contribution in [1.82, 2.24) is 10.2 Å². The Morgan fingerprint density at radius 1 is 0.190 bits per heavy atom. The van der Waals surface area contributed by atoms with Gasteiger partial charge < -0.3 is 0 Å². The summed E-state index contributed by atoms with van der Waals surface area (Å²) in [6, 6.07) is 85.5. The van der Waals surface area contributed by atoms with Crippen LogP contribution < -0.4 is 0 Å².